The number of rotatable bonds is 4. The van der Waals surface area contributed by atoms with Crippen LogP contribution in [0.5, 0.6) is 0 Å². The normalized spacial score (nSPS) is 29.2. The van der Waals surface area contributed by atoms with E-state index >= 15 is 0 Å². The maximum atomic E-state index is 12.5. The summed E-state index contributed by atoms with van der Waals surface area (Å²) < 4.78 is 4.65. The Bertz CT molecular complexity index is 716. The number of Topliss-reactive ketones (excluding diaryl/α,β-unsaturated/α-hetero) is 3. The zero-order chi connectivity index (χ0) is 18.9. The van der Waals surface area contributed by atoms with Crippen LogP contribution < -0.4 is 0 Å². The number of esters is 1. The van der Waals surface area contributed by atoms with Crippen LogP contribution in [0.3, 0.4) is 0 Å². The van der Waals surface area contributed by atoms with Gasteiger partial charge in [-0.2, -0.15) is 0 Å². The quantitative estimate of drug-likeness (QED) is 0.658. The molecule has 0 amide bonds. The van der Waals surface area contributed by atoms with Gasteiger partial charge in [0, 0.05) is 12.3 Å². The summed E-state index contributed by atoms with van der Waals surface area (Å²) in [4.78, 5) is 48.4. The number of hydrogen-bond donors (Lipinski definition) is 1. The van der Waals surface area contributed by atoms with Gasteiger partial charge in [-0.3, -0.25) is 14.4 Å². The smallest absolute Gasteiger partial charge is 0.337 e. The first-order valence-electron chi connectivity index (χ1n) is 8.04. The van der Waals surface area contributed by atoms with Gasteiger partial charge in [0.2, 0.25) is 0 Å². The molecule has 1 saturated carbocycles. The molecule has 2 rings (SSSR count). The number of methoxy groups -OCH3 is 1. The number of carbonyl (C=O) groups excluding carboxylic acids is 4. The van der Waals surface area contributed by atoms with Crippen molar-refractivity contribution < 1.29 is 29.0 Å². The van der Waals surface area contributed by atoms with Gasteiger partial charge >= 0.3 is 5.97 Å². The van der Waals surface area contributed by atoms with Gasteiger partial charge in [-0.15, -0.1) is 0 Å². The molecule has 1 N–H and O–H groups in total. The summed E-state index contributed by atoms with van der Waals surface area (Å²) in [7, 11) is 1.27. The molecule has 0 radical (unpaired) electrons. The fourth-order valence-corrected chi connectivity index (χ4v) is 3.87. The second kappa shape index (κ2) is 6.88. The second-order valence-corrected chi connectivity index (χ2v) is 6.82. The minimum Gasteiger partial charge on any atom is -0.465 e. The molecule has 0 heterocycles. The molecule has 0 unspecified atom stereocenters. The Kier molecular flexibility index (Phi) is 5.23. The average molecular weight is 346 g/mol. The topological polar surface area (TPSA) is 97.7 Å². The molecule has 1 aliphatic rings. The van der Waals surface area contributed by atoms with E-state index in [0.29, 0.717) is 11.1 Å². The van der Waals surface area contributed by atoms with Crippen molar-refractivity contribution in [3.63, 3.8) is 0 Å². The Balaban J connectivity index is 2.56. The molecule has 1 aliphatic carbocycles. The predicted molar refractivity (Wildman–Crippen MR) is 89.1 cm³/mol. The van der Waals surface area contributed by atoms with E-state index in [9.17, 15) is 24.3 Å². The van der Waals surface area contributed by atoms with Crippen LogP contribution >= 0.6 is 0 Å². The molecule has 0 spiro atoms. The lowest BCUT2D eigenvalue weighted by Crippen LogP contribution is -2.53. The van der Waals surface area contributed by atoms with Gasteiger partial charge in [-0.05, 0) is 38.5 Å². The third kappa shape index (κ3) is 3.54. The molecule has 1 fully saturated rings. The molecule has 134 valence electrons. The molecule has 25 heavy (non-hydrogen) atoms. The Labute approximate surface area is 146 Å². The number of ketones is 3. The van der Waals surface area contributed by atoms with E-state index in [-0.39, 0.29) is 23.8 Å². The van der Waals surface area contributed by atoms with Crippen LogP contribution in [0.15, 0.2) is 24.3 Å². The Morgan fingerprint density at radius 1 is 1.12 bits per heavy atom. The summed E-state index contributed by atoms with van der Waals surface area (Å²) in [5.41, 5.74) is -0.652. The fourth-order valence-electron chi connectivity index (χ4n) is 3.87. The van der Waals surface area contributed by atoms with Gasteiger partial charge in [0.15, 0.2) is 0 Å². The maximum absolute atomic E-state index is 12.5. The van der Waals surface area contributed by atoms with Gasteiger partial charge in [-0.1, -0.05) is 12.1 Å². The van der Waals surface area contributed by atoms with Crippen molar-refractivity contribution in [2.75, 3.05) is 7.11 Å². The van der Waals surface area contributed by atoms with Crippen molar-refractivity contribution in [3.8, 4) is 0 Å². The number of aliphatic hydroxyl groups is 1. The third-order valence-electron chi connectivity index (χ3n) is 4.86. The SMILES string of the molecule is COC(=O)c1ccc([C@H]2[C@H](C(C)=O)C(=O)C[C@@](C)(O)[C@@H]2C(C)=O)cc1. The Morgan fingerprint density at radius 3 is 2.12 bits per heavy atom. The molecule has 6 nitrogen and oxygen atoms in total. The third-order valence-corrected chi connectivity index (χ3v) is 4.86. The van der Waals surface area contributed by atoms with Crippen molar-refractivity contribution in [1.29, 1.82) is 0 Å². The van der Waals surface area contributed by atoms with Gasteiger partial charge in [0.1, 0.15) is 17.3 Å². The lowest BCUT2D eigenvalue weighted by atomic mass is 9.60. The zero-order valence-electron chi connectivity index (χ0n) is 14.7. The Morgan fingerprint density at radius 2 is 1.68 bits per heavy atom. The van der Waals surface area contributed by atoms with Crippen molar-refractivity contribution >= 4 is 23.3 Å². The lowest BCUT2D eigenvalue weighted by molar-refractivity contribution is -0.151. The molecular weight excluding hydrogens is 324 g/mol. The van der Waals surface area contributed by atoms with Crippen LogP contribution in [-0.2, 0) is 19.1 Å². The first-order chi connectivity index (χ1) is 11.6. The fraction of sp³-hybridized carbons (Fsp3) is 0.474. The first kappa shape index (κ1) is 19.0. The Hall–Kier alpha value is -2.34. The van der Waals surface area contributed by atoms with Crippen LogP contribution in [0, 0.1) is 11.8 Å². The summed E-state index contributed by atoms with van der Waals surface area (Å²) in [5.74, 6) is -4.15. The van der Waals surface area contributed by atoms with Crippen LogP contribution in [0.1, 0.15) is 49.0 Å². The summed E-state index contributed by atoms with van der Waals surface area (Å²) >= 11 is 0. The number of ether oxygens (including phenoxy) is 1. The van der Waals surface area contributed by atoms with Crippen molar-refractivity contribution in [2.24, 2.45) is 11.8 Å². The highest BCUT2D eigenvalue weighted by molar-refractivity contribution is 6.05. The maximum Gasteiger partial charge on any atom is 0.337 e. The number of hydrogen-bond acceptors (Lipinski definition) is 6. The predicted octanol–water partition coefficient (Wildman–Crippen LogP) is 1.69. The summed E-state index contributed by atoms with van der Waals surface area (Å²) in [6, 6.07) is 6.22. The summed E-state index contributed by atoms with van der Waals surface area (Å²) in [6.45, 7) is 4.11. The van der Waals surface area contributed by atoms with E-state index in [1.54, 1.807) is 12.1 Å². The highest BCUT2D eigenvalue weighted by Crippen LogP contribution is 2.46. The van der Waals surface area contributed by atoms with Gasteiger partial charge in [-0.25, -0.2) is 4.79 Å². The van der Waals surface area contributed by atoms with Gasteiger partial charge in [0.25, 0.3) is 0 Å². The monoisotopic (exact) mass is 346 g/mol. The van der Waals surface area contributed by atoms with Gasteiger partial charge < -0.3 is 9.84 Å². The molecule has 6 heteroatoms. The van der Waals surface area contributed by atoms with E-state index in [0.717, 1.165) is 0 Å². The van der Waals surface area contributed by atoms with Crippen LogP contribution in [0.2, 0.25) is 0 Å². The van der Waals surface area contributed by atoms with Crippen molar-refractivity contribution in [3.05, 3.63) is 35.4 Å². The van der Waals surface area contributed by atoms with Crippen LogP contribution in [0.4, 0.5) is 0 Å². The zero-order valence-corrected chi connectivity index (χ0v) is 14.7. The number of benzene rings is 1. The summed E-state index contributed by atoms with van der Waals surface area (Å²) in [6.07, 6.45) is -0.238. The largest absolute Gasteiger partial charge is 0.465 e. The molecule has 0 saturated heterocycles. The molecule has 1 aromatic carbocycles. The van der Waals surface area contributed by atoms with Crippen LogP contribution in [-0.4, -0.2) is 41.1 Å². The highest BCUT2D eigenvalue weighted by Gasteiger charge is 2.53. The number of carbonyl (C=O) groups is 4. The molecule has 4 atom stereocenters. The van der Waals surface area contributed by atoms with Crippen molar-refractivity contribution in [2.45, 2.75) is 38.7 Å². The molecule has 1 aromatic rings. The minimum absolute atomic E-state index is 0.238. The molecule has 0 bridgehead atoms. The van der Waals surface area contributed by atoms with E-state index in [1.165, 1.54) is 40.0 Å². The molecule has 0 aliphatic heterocycles. The summed E-state index contributed by atoms with van der Waals surface area (Å²) in [5, 5.41) is 10.7. The second-order valence-electron chi connectivity index (χ2n) is 6.82. The van der Waals surface area contributed by atoms with Gasteiger partial charge in [0.05, 0.1) is 30.1 Å². The van der Waals surface area contributed by atoms with E-state index in [2.05, 4.69) is 4.74 Å². The van der Waals surface area contributed by atoms with E-state index in [4.69, 9.17) is 0 Å². The molecule has 0 aromatic heterocycles. The lowest BCUT2D eigenvalue weighted by Gasteiger charge is -2.44. The average Bonchev–Trinajstić information content (AvgIpc) is 2.51. The van der Waals surface area contributed by atoms with E-state index < -0.39 is 29.3 Å². The standard InChI is InChI=1S/C19H22O6/c1-10(20)15-14(22)9-19(3,24)17(11(2)21)16(15)12-5-7-13(8-6-12)18(23)25-4/h5-8,15-17,24H,9H2,1-4H3/t15-,16+,17-,19-/m1/s1. The highest BCUT2D eigenvalue weighted by atomic mass is 16.5. The van der Waals surface area contributed by atoms with Crippen molar-refractivity contribution in [1.82, 2.24) is 0 Å². The minimum atomic E-state index is -1.53. The van der Waals surface area contributed by atoms with E-state index in [1.807, 2.05) is 0 Å². The molecular formula is C19H22O6. The van der Waals surface area contributed by atoms with Crippen LogP contribution in [0.25, 0.3) is 0 Å². The first-order valence-corrected chi connectivity index (χ1v) is 8.04.